The van der Waals surface area contributed by atoms with E-state index in [9.17, 15) is 5.11 Å². The van der Waals surface area contributed by atoms with Crippen molar-refractivity contribution in [1.82, 2.24) is 0 Å². The summed E-state index contributed by atoms with van der Waals surface area (Å²) in [6.07, 6.45) is 4.55. The first-order valence-electron chi connectivity index (χ1n) is 7.23. The van der Waals surface area contributed by atoms with Crippen LogP contribution in [-0.2, 0) is 0 Å². The van der Waals surface area contributed by atoms with E-state index in [1.165, 1.54) is 25.7 Å². The van der Waals surface area contributed by atoms with Gasteiger partial charge in [0.25, 0.3) is 0 Å². The van der Waals surface area contributed by atoms with E-state index in [1.807, 2.05) is 12.1 Å². The molecule has 20 heavy (non-hydrogen) atoms. The minimum atomic E-state index is -0.541. The molecule has 112 valence electrons. The molecule has 1 unspecified atom stereocenters. The fourth-order valence-electron chi connectivity index (χ4n) is 2.48. The number of benzene rings is 1. The summed E-state index contributed by atoms with van der Waals surface area (Å²) in [6.45, 7) is 2.60. The van der Waals surface area contributed by atoms with E-state index in [1.54, 1.807) is 0 Å². The van der Waals surface area contributed by atoms with Crippen molar-refractivity contribution < 1.29 is 5.11 Å². The molecular formula is C15H22Cl2N2O. The molecule has 1 atom stereocenters. The second-order valence-electron chi connectivity index (χ2n) is 5.26. The van der Waals surface area contributed by atoms with Crippen LogP contribution in [0.2, 0.25) is 5.02 Å². The largest absolute Gasteiger partial charge is 0.390 e. The minimum Gasteiger partial charge on any atom is -0.390 e. The van der Waals surface area contributed by atoms with Crippen LogP contribution in [0.5, 0.6) is 0 Å². The normalized spacial score (nSPS) is 17.6. The van der Waals surface area contributed by atoms with Crippen molar-refractivity contribution >= 4 is 34.6 Å². The summed E-state index contributed by atoms with van der Waals surface area (Å²) in [4.78, 5) is 2.37. The highest BCUT2D eigenvalue weighted by atomic mass is 35.5. The van der Waals surface area contributed by atoms with Crippen molar-refractivity contribution in [3.8, 4) is 0 Å². The molecule has 0 aromatic heterocycles. The number of rotatable bonds is 5. The minimum absolute atomic E-state index is 0.229. The van der Waals surface area contributed by atoms with Crippen LogP contribution in [0.25, 0.3) is 0 Å². The molecule has 2 rings (SSSR count). The molecule has 0 bridgehead atoms. The molecule has 1 aliphatic rings. The van der Waals surface area contributed by atoms with Crippen molar-refractivity contribution in [2.75, 3.05) is 35.7 Å². The van der Waals surface area contributed by atoms with E-state index in [4.69, 9.17) is 23.2 Å². The van der Waals surface area contributed by atoms with Gasteiger partial charge in [0.1, 0.15) is 0 Å². The predicted octanol–water partition coefficient (Wildman–Crippen LogP) is 3.73. The Morgan fingerprint density at radius 1 is 1.20 bits per heavy atom. The van der Waals surface area contributed by atoms with Gasteiger partial charge in [0.05, 0.1) is 22.7 Å². The lowest BCUT2D eigenvalue weighted by Crippen LogP contribution is -2.24. The van der Waals surface area contributed by atoms with E-state index >= 15 is 0 Å². The van der Waals surface area contributed by atoms with Gasteiger partial charge in [-0.3, -0.25) is 0 Å². The maximum atomic E-state index is 9.44. The van der Waals surface area contributed by atoms with E-state index in [0.717, 1.165) is 29.5 Å². The summed E-state index contributed by atoms with van der Waals surface area (Å²) in [5, 5.41) is 13.3. The van der Waals surface area contributed by atoms with Crippen molar-refractivity contribution in [3.63, 3.8) is 0 Å². The van der Waals surface area contributed by atoms with Crippen molar-refractivity contribution in [3.05, 3.63) is 23.2 Å². The van der Waals surface area contributed by atoms with Crippen LogP contribution in [0.3, 0.4) is 0 Å². The smallest absolute Gasteiger partial charge is 0.0847 e. The number of hydrogen-bond acceptors (Lipinski definition) is 3. The number of alkyl halides is 1. The first kappa shape index (κ1) is 15.7. The Kier molecular flexibility index (Phi) is 6.27. The second-order valence-corrected chi connectivity index (χ2v) is 5.97. The number of hydrogen-bond donors (Lipinski definition) is 2. The Labute approximate surface area is 130 Å². The summed E-state index contributed by atoms with van der Waals surface area (Å²) in [5.74, 6) is 0.229. The highest BCUT2D eigenvalue weighted by Gasteiger charge is 2.13. The van der Waals surface area contributed by atoms with Crippen LogP contribution in [-0.4, -0.2) is 36.7 Å². The van der Waals surface area contributed by atoms with Crippen LogP contribution in [0.15, 0.2) is 18.2 Å². The van der Waals surface area contributed by atoms with Crippen molar-refractivity contribution in [1.29, 1.82) is 0 Å². The lowest BCUT2D eigenvalue weighted by molar-refractivity contribution is 0.211. The van der Waals surface area contributed by atoms with E-state index in [0.29, 0.717) is 6.54 Å². The third-order valence-electron chi connectivity index (χ3n) is 3.61. The van der Waals surface area contributed by atoms with Gasteiger partial charge in [-0.1, -0.05) is 24.4 Å². The number of aliphatic hydroxyl groups is 1. The molecule has 1 aliphatic heterocycles. The van der Waals surface area contributed by atoms with Gasteiger partial charge < -0.3 is 15.3 Å². The second kappa shape index (κ2) is 7.96. The van der Waals surface area contributed by atoms with Crippen LogP contribution < -0.4 is 10.2 Å². The molecule has 0 saturated carbocycles. The Bertz CT molecular complexity index is 420. The lowest BCUT2D eigenvalue weighted by atomic mass is 10.2. The number of nitrogens with zero attached hydrogens (tertiary/aromatic N) is 1. The van der Waals surface area contributed by atoms with E-state index in [-0.39, 0.29) is 5.88 Å². The molecule has 1 saturated heterocycles. The molecule has 1 heterocycles. The molecule has 0 aliphatic carbocycles. The molecular weight excluding hydrogens is 295 g/mol. The Balaban J connectivity index is 2.01. The fourth-order valence-corrected chi connectivity index (χ4v) is 2.88. The molecule has 1 aromatic carbocycles. The molecule has 2 N–H and O–H groups in total. The topological polar surface area (TPSA) is 35.5 Å². The highest BCUT2D eigenvalue weighted by Crippen LogP contribution is 2.30. The first-order valence-corrected chi connectivity index (χ1v) is 8.14. The van der Waals surface area contributed by atoms with Crippen LogP contribution in [0, 0.1) is 0 Å². The SMILES string of the molecule is OC(CCl)CNc1ccc(N2CCCCCC2)c(Cl)c1. The van der Waals surface area contributed by atoms with E-state index < -0.39 is 6.10 Å². The quantitative estimate of drug-likeness (QED) is 0.812. The maximum Gasteiger partial charge on any atom is 0.0847 e. The summed E-state index contributed by atoms with van der Waals surface area (Å²) in [5.41, 5.74) is 2.02. The summed E-state index contributed by atoms with van der Waals surface area (Å²) in [7, 11) is 0. The van der Waals surface area contributed by atoms with Gasteiger partial charge in [-0.2, -0.15) is 0 Å². The summed E-state index contributed by atoms with van der Waals surface area (Å²) < 4.78 is 0. The van der Waals surface area contributed by atoms with Gasteiger partial charge in [-0.25, -0.2) is 0 Å². The first-order chi connectivity index (χ1) is 9.70. The van der Waals surface area contributed by atoms with Crippen LogP contribution in [0.1, 0.15) is 25.7 Å². The lowest BCUT2D eigenvalue weighted by Gasteiger charge is -2.24. The zero-order valence-electron chi connectivity index (χ0n) is 11.6. The van der Waals surface area contributed by atoms with Gasteiger partial charge >= 0.3 is 0 Å². The van der Waals surface area contributed by atoms with E-state index in [2.05, 4.69) is 16.3 Å². The van der Waals surface area contributed by atoms with Crippen LogP contribution in [0.4, 0.5) is 11.4 Å². The fraction of sp³-hybridized carbons (Fsp3) is 0.600. The molecule has 0 amide bonds. The average Bonchev–Trinajstić information content (AvgIpc) is 2.73. The van der Waals surface area contributed by atoms with Gasteiger partial charge in [-0.15, -0.1) is 11.6 Å². The predicted molar refractivity (Wildman–Crippen MR) is 87.3 cm³/mol. The summed E-state index contributed by atoms with van der Waals surface area (Å²) >= 11 is 12.0. The molecule has 0 spiro atoms. The number of halogens is 2. The third-order valence-corrected chi connectivity index (χ3v) is 4.27. The standard InChI is InChI=1S/C15H22Cl2N2O/c16-10-13(20)11-18-12-5-6-15(14(17)9-12)19-7-3-1-2-4-8-19/h5-6,9,13,18,20H,1-4,7-8,10-11H2. The third kappa shape index (κ3) is 4.44. The van der Waals surface area contributed by atoms with Gasteiger partial charge in [0.15, 0.2) is 0 Å². The van der Waals surface area contributed by atoms with Crippen LogP contribution >= 0.6 is 23.2 Å². The monoisotopic (exact) mass is 316 g/mol. The molecule has 0 radical (unpaired) electrons. The molecule has 1 fully saturated rings. The Morgan fingerprint density at radius 3 is 2.50 bits per heavy atom. The number of aliphatic hydroxyl groups excluding tert-OH is 1. The van der Waals surface area contributed by atoms with Crippen molar-refractivity contribution in [2.24, 2.45) is 0 Å². The molecule has 5 heteroatoms. The Morgan fingerprint density at radius 2 is 1.90 bits per heavy atom. The zero-order valence-corrected chi connectivity index (χ0v) is 13.1. The van der Waals surface area contributed by atoms with Crippen molar-refractivity contribution in [2.45, 2.75) is 31.8 Å². The zero-order chi connectivity index (χ0) is 14.4. The average molecular weight is 317 g/mol. The number of anilines is 2. The number of nitrogens with one attached hydrogen (secondary N) is 1. The Hall–Kier alpha value is -0.640. The molecule has 1 aromatic rings. The van der Waals surface area contributed by atoms with Gasteiger partial charge in [0.2, 0.25) is 0 Å². The maximum absolute atomic E-state index is 9.44. The van der Waals surface area contributed by atoms with Gasteiger partial charge in [0, 0.05) is 25.3 Å². The van der Waals surface area contributed by atoms with Gasteiger partial charge in [-0.05, 0) is 31.0 Å². The summed E-state index contributed by atoms with van der Waals surface area (Å²) in [6, 6.07) is 5.98. The molecule has 3 nitrogen and oxygen atoms in total. The highest BCUT2D eigenvalue weighted by molar-refractivity contribution is 6.33.